The van der Waals surface area contributed by atoms with Gasteiger partial charge in [0.1, 0.15) is 10.1 Å². The molecule has 10 heteroatoms. The first-order chi connectivity index (χ1) is 13.9. The van der Waals surface area contributed by atoms with Gasteiger partial charge in [-0.2, -0.15) is 0 Å². The number of carbonyl (C=O) groups excluding carboxylic acids is 3. The van der Waals surface area contributed by atoms with Gasteiger partial charge in [0.05, 0.1) is 11.2 Å². The van der Waals surface area contributed by atoms with Gasteiger partial charge in [0.15, 0.2) is 0 Å². The highest BCUT2D eigenvalue weighted by Gasteiger charge is 2.31. The van der Waals surface area contributed by atoms with Crippen molar-refractivity contribution in [3.05, 3.63) is 63.9 Å². The van der Waals surface area contributed by atoms with Crippen LogP contribution in [0.1, 0.15) is 29.0 Å². The van der Waals surface area contributed by atoms with E-state index in [2.05, 4.69) is 10.9 Å². The molecule has 3 amide bonds. The summed E-state index contributed by atoms with van der Waals surface area (Å²) in [6.45, 7) is 0.304. The van der Waals surface area contributed by atoms with Crippen LogP contribution in [0.25, 0.3) is 6.08 Å². The minimum atomic E-state index is -0.449. The maximum Gasteiger partial charge on any atom is 0.269 e. The topological polar surface area (TPSA) is 91.7 Å². The normalized spacial score (nSPS) is 15.1. The molecule has 0 saturated carbocycles. The van der Waals surface area contributed by atoms with Crippen molar-refractivity contribution in [2.24, 2.45) is 0 Å². The van der Waals surface area contributed by atoms with Crippen LogP contribution >= 0.6 is 35.6 Å². The number of nitrogens with one attached hydrogen (secondary N) is 2. The molecule has 1 saturated heterocycles. The Morgan fingerprint density at radius 2 is 1.97 bits per heavy atom. The largest absolute Gasteiger partial charge is 0.465 e. The quantitative estimate of drug-likeness (QED) is 0.399. The van der Waals surface area contributed by atoms with Gasteiger partial charge >= 0.3 is 0 Å². The number of rotatable bonds is 6. The SMILES string of the molecule is O=C(CCCN1C(=O)/C(=C\c2ccco2)SC1=S)NNC(=O)c1ccc(Cl)cc1. The maximum absolute atomic E-state index is 12.5. The van der Waals surface area contributed by atoms with E-state index < -0.39 is 5.91 Å². The minimum absolute atomic E-state index is 0.120. The lowest BCUT2D eigenvalue weighted by atomic mass is 10.2. The van der Waals surface area contributed by atoms with Crippen LogP contribution in [0.15, 0.2) is 52.0 Å². The van der Waals surface area contributed by atoms with E-state index in [0.29, 0.717) is 38.5 Å². The third kappa shape index (κ3) is 5.69. The summed E-state index contributed by atoms with van der Waals surface area (Å²) in [6, 6.07) is 9.75. The lowest BCUT2D eigenvalue weighted by Gasteiger charge is -2.14. The van der Waals surface area contributed by atoms with Gasteiger partial charge in [-0.3, -0.25) is 30.1 Å². The Morgan fingerprint density at radius 3 is 2.66 bits per heavy atom. The molecule has 2 heterocycles. The van der Waals surface area contributed by atoms with Crippen molar-refractivity contribution < 1.29 is 18.8 Å². The molecule has 0 atom stereocenters. The lowest BCUT2D eigenvalue weighted by molar-refractivity contribution is -0.124. The Hall–Kier alpha value is -2.62. The average Bonchev–Trinajstić information content (AvgIpc) is 3.30. The van der Waals surface area contributed by atoms with E-state index in [0.717, 1.165) is 0 Å². The third-order valence-corrected chi connectivity index (χ3v) is 5.53. The first-order valence-corrected chi connectivity index (χ1v) is 10.2. The van der Waals surface area contributed by atoms with E-state index in [-0.39, 0.29) is 18.2 Å². The van der Waals surface area contributed by atoms with E-state index in [1.54, 1.807) is 42.5 Å². The fourth-order valence-corrected chi connectivity index (χ4v) is 3.87. The maximum atomic E-state index is 12.5. The molecule has 1 aliphatic rings. The molecule has 1 fully saturated rings. The van der Waals surface area contributed by atoms with Crippen LogP contribution in [-0.4, -0.2) is 33.5 Å². The van der Waals surface area contributed by atoms with E-state index in [9.17, 15) is 14.4 Å². The summed E-state index contributed by atoms with van der Waals surface area (Å²) >= 11 is 12.2. The molecular formula is C19H16ClN3O4S2. The number of hydrazine groups is 1. The molecule has 1 aromatic carbocycles. The van der Waals surface area contributed by atoms with Crippen molar-refractivity contribution in [3.63, 3.8) is 0 Å². The van der Waals surface area contributed by atoms with Crippen molar-refractivity contribution in [2.45, 2.75) is 12.8 Å². The second-order valence-electron chi connectivity index (χ2n) is 5.96. The van der Waals surface area contributed by atoms with Crippen molar-refractivity contribution in [1.29, 1.82) is 0 Å². The molecule has 2 N–H and O–H groups in total. The van der Waals surface area contributed by atoms with Gasteiger partial charge in [0, 0.05) is 29.6 Å². The molecule has 0 radical (unpaired) electrons. The van der Waals surface area contributed by atoms with Gasteiger partial charge in [-0.25, -0.2) is 0 Å². The number of furan rings is 1. The predicted octanol–water partition coefficient (Wildman–Crippen LogP) is 3.38. The molecular weight excluding hydrogens is 434 g/mol. The molecule has 0 bridgehead atoms. The predicted molar refractivity (Wildman–Crippen MR) is 115 cm³/mol. The average molecular weight is 450 g/mol. The number of amides is 3. The number of thioether (sulfide) groups is 1. The number of nitrogens with zero attached hydrogens (tertiary/aromatic N) is 1. The summed E-state index contributed by atoms with van der Waals surface area (Å²) < 4.78 is 5.65. The highest BCUT2D eigenvalue weighted by Crippen LogP contribution is 2.32. The Bertz CT molecular complexity index is 958. The Labute approximate surface area is 181 Å². The van der Waals surface area contributed by atoms with Crippen LogP contribution in [0, 0.1) is 0 Å². The highest BCUT2D eigenvalue weighted by molar-refractivity contribution is 8.26. The van der Waals surface area contributed by atoms with Gasteiger partial charge in [-0.1, -0.05) is 35.6 Å². The summed E-state index contributed by atoms with van der Waals surface area (Å²) in [5.74, 6) is -0.465. The van der Waals surface area contributed by atoms with Gasteiger partial charge in [0.25, 0.3) is 11.8 Å². The van der Waals surface area contributed by atoms with E-state index in [1.807, 2.05) is 0 Å². The molecule has 1 aromatic heterocycles. The monoisotopic (exact) mass is 449 g/mol. The van der Waals surface area contributed by atoms with Crippen LogP contribution in [-0.2, 0) is 9.59 Å². The van der Waals surface area contributed by atoms with Crippen LogP contribution in [0.3, 0.4) is 0 Å². The van der Waals surface area contributed by atoms with E-state index in [4.69, 9.17) is 28.2 Å². The number of thiocarbonyl (C=S) groups is 1. The first-order valence-electron chi connectivity index (χ1n) is 8.57. The number of halogens is 1. The third-order valence-electron chi connectivity index (χ3n) is 3.90. The zero-order chi connectivity index (χ0) is 20.8. The molecule has 0 unspecified atom stereocenters. The molecule has 1 aliphatic heterocycles. The minimum Gasteiger partial charge on any atom is -0.465 e. The summed E-state index contributed by atoms with van der Waals surface area (Å²) in [4.78, 5) is 38.3. The molecule has 150 valence electrons. The van der Waals surface area contributed by atoms with E-state index >= 15 is 0 Å². The summed E-state index contributed by atoms with van der Waals surface area (Å²) in [7, 11) is 0. The summed E-state index contributed by atoms with van der Waals surface area (Å²) in [5.41, 5.74) is 5.05. The van der Waals surface area contributed by atoms with Gasteiger partial charge in [-0.15, -0.1) is 0 Å². The van der Waals surface area contributed by atoms with Crippen molar-refractivity contribution in [3.8, 4) is 0 Å². The fourth-order valence-electron chi connectivity index (χ4n) is 2.46. The van der Waals surface area contributed by atoms with Crippen LogP contribution in [0.2, 0.25) is 5.02 Å². The van der Waals surface area contributed by atoms with Crippen LogP contribution < -0.4 is 10.9 Å². The second kappa shape index (κ2) is 9.73. The van der Waals surface area contributed by atoms with Gasteiger partial charge < -0.3 is 4.42 Å². The zero-order valence-corrected chi connectivity index (χ0v) is 17.4. The summed E-state index contributed by atoms with van der Waals surface area (Å²) in [6.07, 6.45) is 3.67. The Morgan fingerprint density at radius 1 is 1.21 bits per heavy atom. The lowest BCUT2D eigenvalue weighted by Crippen LogP contribution is -2.41. The highest BCUT2D eigenvalue weighted by atomic mass is 35.5. The summed E-state index contributed by atoms with van der Waals surface area (Å²) in [5, 5.41) is 0.514. The van der Waals surface area contributed by atoms with Crippen LogP contribution in [0.5, 0.6) is 0 Å². The van der Waals surface area contributed by atoms with Crippen molar-refractivity contribution in [1.82, 2.24) is 15.8 Å². The first kappa shape index (κ1) is 21.1. The number of hydrogen-bond donors (Lipinski definition) is 2. The molecule has 3 rings (SSSR count). The van der Waals surface area contributed by atoms with Crippen LogP contribution in [0.4, 0.5) is 0 Å². The molecule has 0 spiro atoms. The Balaban J connectivity index is 1.43. The fraction of sp³-hybridized carbons (Fsp3) is 0.158. The second-order valence-corrected chi connectivity index (χ2v) is 8.07. The van der Waals surface area contributed by atoms with Crippen molar-refractivity contribution >= 4 is 63.7 Å². The standard InChI is InChI=1S/C19H16ClN3O4S2/c20-13-7-5-12(6-8-13)17(25)22-21-16(24)4-1-9-23-18(26)15(29-19(23)28)11-14-3-2-10-27-14/h2-3,5-8,10-11H,1,4,9H2,(H,21,24)(H,22,25)/b15-11+. The van der Waals surface area contributed by atoms with Gasteiger partial charge in [-0.05, 0) is 42.8 Å². The van der Waals surface area contributed by atoms with Gasteiger partial charge in [0.2, 0.25) is 5.91 Å². The zero-order valence-electron chi connectivity index (χ0n) is 15.0. The molecule has 7 nitrogen and oxygen atoms in total. The number of hydrogen-bond acceptors (Lipinski definition) is 6. The Kier molecular flexibility index (Phi) is 7.08. The number of carbonyl (C=O) groups is 3. The number of benzene rings is 1. The molecule has 2 aromatic rings. The van der Waals surface area contributed by atoms with Crippen molar-refractivity contribution in [2.75, 3.05) is 6.54 Å². The smallest absolute Gasteiger partial charge is 0.269 e. The van der Waals surface area contributed by atoms with E-state index in [1.165, 1.54) is 22.9 Å². The molecule has 0 aliphatic carbocycles. The molecule has 29 heavy (non-hydrogen) atoms.